The fourth-order valence-corrected chi connectivity index (χ4v) is 1.41. The van der Waals surface area contributed by atoms with Crippen LogP contribution >= 0.6 is 0 Å². The minimum Gasteiger partial charge on any atom is -0.374 e. The predicted octanol–water partition coefficient (Wildman–Crippen LogP) is 0.477. The highest BCUT2D eigenvalue weighted by molar-refractivity contribution is 7.89. The van der Waals surface area contributed by atoms with Gasteiger partial charge in [0.05, 0.1) is 17.5 Å². The van der Waals surface area contributed by atoms with Crippen molar-refractivity contribution >= 4 is 10.0 Å². The van der Waals surface area contributed by atoms with Crippen LogP contribution in [0.3, 0.4) is 0 Å². The third-order valence-corrected chi connectivity index (χ3v) is 3.09. The van der Waals surface area contributed by atoms with Crippen molar-refractivity contribution in [2.75, 3.05) is 0 Å². The monoisotopic (exact) mass is 195 g/mol. The molecule has 0 aliphatic rings. The fraction of sp³-hybridized carbons (Fsp3) is 1.00. The van der Waals surface area contributed by atoms with Crippen molar-refractivity contribution in [2.24, 2.45) is 5.14 Å². The molecule has 0 aliphatic heterocycles. The minimum absolute atomic E-state index is 0.0178. The van der Waals surface area contributed by atoms with Gasteiger partial charge >= 0.3 is 0 Å². The summed E-state index contributed by atoms with van der Waals surface area (Å²) in [4.78, 5) is 0. The molecule has 74 valence electrons. The quantitative estimate of drug-likeness (QED) is 0.709. The first kappa shape index (κ1) is 11.9. The van der Waals surface area contributed by atoms with Crippen molar-refractivity contribution in [1.29, 1.82) is 0 Å². The lowest BCUT2D eigenvalue weighted by Crippen LogP contribution is -2.37. The van der Waals surface area contributed by atoms with Gasteiger partial charge in [-0.2, -0.15) is 0 Å². The standard InChI is InChI=1S/C7H17NO3S/c1-5(2)11-6(3)7(4)12(8,9)10/h5-7H,1-4H3,(H2,8,9,10)/t6-,7-/m0/s1. The molecule has 4 nitrogen and oxygen atoms in total. The molecule has 2 atom stereocenters. The van der Waals surface area contributed by atoms with Crippen LogP contribution in [0.25, 0.3) is 0 Å². The van der Waals surface area contributed by atoms with E-state index in [4.69, 9.17) is 9.88 Å². The second-order valence-corrected chi connectivity index (χ2v) is 5.11. The van der Waals surface area contributed by atoms with Gasteiger partial charge in [0.2, 0.25) is 10.0 Å². The first-order chi connectivity index (χ1) is 5.25. The number of hydrogen-bond donors (Lipinski definition) is 1. The normalized spacial score (nSPS) is 17.8. The second-order valence-electron chi connectivity index (χ2n) is 3.18. The highest BCUT2D eigenvalue weighted by atomic mass is 32.2. The van der Waals surface area contributed by atoms with Crippen LogP contribution in [0, 0.1) is 0 Å². The van der Waals surface area contributed by atoms with Crippen LogP contribution in [0.2, 0.25) is 0 Å². The molecule has 0 aromatic rings. The van der Waals surface area contributed by atoms with Crippen molar-refractivity contribution in [3.8, 4) is 0 Å². The Balaban J connectivity index is 4.21. The SMILES string of the molecule is CC(C)O[C@@H](C)[C@H](C)S(N)(=O)=O. The van der Waals surface area contributed by atoms with Crippen molar-refractivity contribution in [3.05, 3.63) is 0 Å². The highest BCUT2D eigenvalue weighted by Crippen LogP contribution is 2.07. The zero-order valence-corrected chi connectivity index (χ0v) is 8.76. The Morgan fingerprint density at radius 2 is 1.58 bits per heavy atom. The fourth-order valence-electron chi connectivity index (χ4n) is 0.807. The average molecular weight is 195 g/mol. The number of primary sulfonamides is 1. The molecule has 0 aliphatic carbocycles. The summed E-state index contributed by atoms with van der Waals surface area (Å²) in [6.07, 6.45) is -0.343. The Kier molecular flexibility index (Phi) is 4.16. The first-order valence-electron chi connectivity index (χ1n) is 3.92. The largest absolute Gasteiger partial charge is 0.374 e. The van der Waals surface area contributed by atoms with E-state index >= 15 is 0 Å². The van der Waals surface area contributed by atoms with Gasteiger partial charge < -0.3 is 4.74 Å². The lowest BCUT2D eigenvalue weighted by atomic mass is 10.3. The van der Waals surface area contributed by atoms with Gasteiger partial charge in [-0.1, -0.05) is 0 Å². The maximum atomic E-state index is 10.9. The Bertz CT molecular complexity index is 223. The van der Waals surface area contributed by atoms with Gasteiger partial charge in [-0.25, -0.2) is 13.6 Å². The Morgan fingerprint density at radius 1 is 1.17 bits per heavy atom. The summed E-state index contributed by atoms with van der Waals surface area (Å²) in [6, 6.07) is 0. The second kappa shape index (κ2) is 4.20. The molecule has 0 heterocycles. The Labute approximate surface area is 74.1 Å². The molecular weight excluding hydrogens is 178 g/mol. The topological polar surface area (TPSA) is 69.4 Å². The van der Waals surface area contributed by atoms with Gasteiger partial charge in [0, 0.05) is 0 Å². The average Bonchev–Trinajstić information content (AvgIpc) is 1.82. The molecule has 0 radical (unpaired) electrons. The predicted molar refractivity (Wildman–Crippen MR) is 48.3 cm³/mol. The van der Waals surface area contributed by atoms with Gasteiger partial charge in [-0.3, -0.25) is 0 Å². The van der Waals surface area contributed by atoms with E-state index in [1.54, 1.807) is 13.8 Å². The minimum atomic E-state index is -3.47. The number of sulfonamides is 1. The van der Waals surface area contributed by atoms with E-state index in [9.17, 15) is 8.42 Å². The third kappa shape index (κ3) is 4.04. The zero-order valence-electron chi connectivity index (χ0n) is 7.94. The van der Waals surface area contributed by atoms with E-state index in [-0.39, 0.29) is 12.2 Å². The summed E-state index contributed by atoms with van der Waals surface area (Å²) in [5, 5.41) is 4.29. The van der Waals surface area contributed by atoms with Crippen molar-refractivity contribution in [3.63, 3.8) is 0 Å². The van der Waals surface area contributed by atoms with Crippen molar-refractivity contribution < 1.29 is 13.2 Å². The van der Waals surface area contributed by atoms with Gasteiger partial charge in [-0.05, 0) is 27.7 Å². The van der Waals surface area contributed by atoms with Crippen molar-refractivity contribution in [2.45, 2.75) is 45.2 Å². The van der Waals surface area contributed by atoms with E-state index in [2.05, 4.69) is 0 Å². The smallest absolute Gasteiger partial charge is 0.214 e. The number of ether oxygens (including phenoxy) is 1. The molecule has 0 unspecified atom stereocenters. The van der Waals surface area contributed by atoms with E-state index in [1.165, 1.54) is 0 Å². The summed E-state index contributed by atoms with van der Waals surface area (Å²) < 4.78 is 27.0. The summed E-state index contributed by atoms with van der Waals surface area (Å²) in [7, 11) is -3.47. The maximum Gasteiger partial charge on any atom is 0.214 e. The summed E-state index contributed by atoms with van der Waals surface area (Å²) in [6.45, 7) is 6.95. The Hall–Kier alpha value is -0.130. The molecule has 0 fully saturated rings. The van der Waals surface area contributed by atoms with E-state index in [1.807, 2.05) is 13.8 Å². The lowest BCUT2D eigenvalue weighted by Gasteiger charge is -2.20. The van der Waals surface area contributed by atoms with Crippen LogP contribution in [0.15, 0.2) is 0 Å². The lowest BCUT2D eigenvalue weighted by molar-refractivity contribution is 0.0191. The van der Waals surface area contributed by atoms with E-state index < -0.39 is 15.3 Å². The van der Waals surface area contributed by atoms with Crippen LogP contribution in [0.4, 0.5) is 0 Å². The van der Waals surface area contributed by atoms with E-state index in [0.29, 0.717) is 0 Å². The summed E-state index contributed by atoms with van der Waals surface area (Å²) >= 11 is 0. The van der Waals surface area contributed by atoms with Gasteiger partial charge in [-0.15, -0.1) is 0 Å². The Morgan fingerprint density at radius 3 is 1.83 bits per heavy atom. The van der Waals surface area contributed by atoms with Crippen LogP contribution in [0.5, 0.6) is 0 Å². The van der Waals surface area contributed by atoms with Gasteiger partial charge in [0.1, 0.15) is 0 Å². The van der Waals surface area contributed by atoms with Crippen molar-refractivity contribution in [1.82, 2.24) is 0 Å². The molecule has 0 spiro atoms. The summed E-state index contributed by atoms with van der Waals surface area (Å²) in [5.41, 5.74) is 0. The number of rotatable bonds is 4. The number of nitrogens with two attached hydrogens (primary N) is 1. The summed E-state index contributed by atoms with van der Waals surface area (Å²) in [5.74, 6) is 0. The molecule has 0 rings (SSSR count). The highest BCUT2D eigenvalue weighted by Gasteiger charge is 2.23. The molecule has 0 aromatic heterocycles. The van der Waals surface area contributed by atoms with Crippen LogP contribution < -0.4 is 5.14 Å². The van der Waals surface area contributed by atoms with Crippen LogP contribution in [0.1, 0.15) is 27.7 Å². The molecule has 0 saturated carbocycles. The van der Waals surface area contributed by atoms with E-state index in [0.717, 1.165) is 0 Å². The maximum absolute atomic E-state index is 10.9. The van der Waals surface area contributed by atoms with Crippen LogP contribution in [-0.4, -0.2) is 25.9 Å². The molecule has 0 bridgehead atoms. The molecule has 0 amide bonds. The molecule has 2 N–H and O–H groups in total. The molecular formula is C7H17NO3S. The zero-order chi connectivity index (χ0) is 9.94. The molecule has 5 heteroatoms. The van der Waals surface area contributed by atoms with Crippen LogP contribution in [-0.2, 0) is 14.8 Å². The van der Waals surface area contributed by atoms with Gasteiger partial charge in [0.25, 0.3) is 0 Å². The number of hydrogen-bond acceptors (Lipinski definition) is 3. The molecule has 0 saturated heterocycles. The van der Waals surface area contributed by atoms with Gasteiger partial charge in [0.15, 0.2) is 0 Å². The first-order valence-corrected chi connectivity index (χ1v) is 5.53. The third-order valence-electron chi connectivity index (χ3n) is 1.67. The molecule has 12 heavy (non-hydrogen) atoms. The molecule has 0 aromatic carbocycles.